The van der Waals surface area contributed by atoms with Crippen molar-refractivity contribution in [2.75, 3.05) is 0 Å². The first kappa shape index (κ1) is 12.9. The zero-order chi connectivity index (χ0) is 13.5. The lowest BCUT2D eigenvalue weighted by atomic mass is 9.51. The minimum absolute atomic E-state index is 0.512. The molecule has 0 saturated heterocycles. The molecule has 0 bridgehead atoms. The van der Waals surface area contributed by atoms with Gasteiger partial charge in [-0.05, 0) is 61.5 Å². The Labute approximate surface area is 124 Å². The molecule has 0 heteroatoms. The molecule has 0 unspecified atom stereocenters. The van der Waals surface area contributed by atoms with Crippen LogP contribution in [-0.4, -0.2) is 0 Å². The van der Waals surface area contributed by atoms with Gasteiger partial charge < -0.3 is 0 Å². The molecule has 0 nitrogen and oxygen atoms in total. The van der Waals surface area contributed by atoms with Gasteiger partial charge in [0, 0.05) is 5.41 Å². The van der Waals surface area contributed by atoms with Crippen molar-refractivity contribution in [1.29, 1.82) is 0 Å². The maximum atomic E-state index is 3.24. The summed E-state index contributed by atoms with van der Waals surface area (Å²) in [4.78, 5) is 0. The molecule has 20 heavy (non-hydrogen) atoms. The molecule has 3 saturated carbocycles. The van der Waals surface area contributed by atoms with E-state index in [-0.39, 0.29) is 0 Å². The van der Waals surface area contributed by atoms with Crippen molar-refractivity contribution in [3.05, 3.63) is 35.9 Å². The summed E-state index contributed by atoms with van der Waals surface area (Å²) in [5, 5.41) is 0. The largest absolute Gasteiger partial charge is 0.0578 e. The molecular weight excluding hydrogens is 240 g/mol. The minimum Gasteiger partial charge on any atom is -0.0578 e. The lowest BCUT2D eigenvalue weighted by Gasteiger charge is -2.53. The first-order chi connectivity index (χ1) is 9.87. The molecule has 3 fully saturated rings. The van der Waals surface area contributed by atoms with Crippen LogP contribution >= 0.6 is 0 Å². The summed E-state index contributed by atoms with van der Waals surface area (Å²) in [6.07, 6.45) is 16.3. The van der Waals surface area contributed by atoms with Gasteiger partial charge in [0.25, 0.3) is 0 Å². The van der Waals surface area contributed by atoms with Gasteiger partial charge in [0.2, 0.25) is 0 Å². The summed E-state index contributed by atoms with van der Waals surface area (Å²) < 4.78 is 0. The third kappa shape index (κ3) is 1.80. The van der Waals surface area contributed by atoms with Gasteiger partial charge >= 0.3 is 0 Å². The number of hydrogen-bond donors (Lipinski definition) is 0. The standard InChI is InChI=1S/C20H27/c1-3-9-17(10-4-1)19(13-5-2-6-14-19)20(18-11-12-18)15-7-8-16-20/h3-4,9-10,18H,2,5-8,11-16H2. The minimum atomic E-state index is 0.512. The summed E-state index contributed by atoms with van der Waals surface area (Å²) in [6.45, 7) is 0. The normalized spacial score (nSPS) is 28.4. The molecule has 1 aromatic carbocycles. The van der Waals surface area contributed by atoms with E-state index in [0.717, 1.165) is 5.92 Å². The zero-order valence-electron chi connectivity index (χ0n) is 12.7. The average Bonchev–Trinajstić information content (AvgIpc) is 3.27. The average molecular weight is 267 g/mol. The van der Waals surface area contributed by atoms with Crippen LogP contribution in [0.25, 0.3) is 0 Å². The molecule has 0 aliphatic heterocycles. The van der Waals surface area contributed by atoms with Crippen molar-refractivity contribution in [2.45, 2.75) is 76.0 Å². The molecule has 0 spiro atoms. The first-order valence-electron chi connectivity index (χ1n) is 8.84. The van der Waals surface area contributed by atoms with Gasteiger partial charge in [-0.25, -0.2) is 0 Å². The Morgan fingerprint density at radius 1 is 0.800 bits per heavy atom. The lowest BCUT2D eigenvalue weighted by Crippen LogP contribution is -2.47. The lowest BCUT2D eigenvalue weighted by molar-refractivity contribution is 0.0524. The fraction of sp³-hybridized carbons (Fsp3) is 0.700. The van der Waals surface area contributed by atoms with E-state index in [1.165, 1.54) is 70.6 Å². The van der Waals surface area contributed by atoms with Gasteiger partial charge in [0.15, 0.2) is 0 Å². The first-order valence-corrected chi connectivity index (χ1v) is 8.84. The molecule has 1 radical (unpaired) electrons. The van der Waals surface area contributed by atoms with Gasteiger partial charge in [-0.2, -0.15) is 0 Å². The Morgan fingerprint density at radius 2 is 1.40 bits per heavy atom. The van der Waals surface area contributed by atoms with Crippen molar-refractivity contribution in [3.63, 3.8) is 0 Å². The second-order valence-corrected chi connectivity index (χ2v) is 7.57. The summed E-state index contributed by atoms with van der Waals surface area (Å²) in [7, 11) is 0. The number of benzene rings is 1. The SMILES string of the molecule is [c]1ccc(C2(C3(C4CC4)CCCC3)CCCCC2)cc1. The van der Waals surface area contributed by atoms with Crippen LogP contribution in [0.5, 0.6) is 0 Å². The Kier molecular flexibility index (Phi) is 3.16. The van der Waals surface area contributed by atoms with E-state index in [1.54, 1.807) is 5.56 Å². The van der Waals surface area contributed by atoms with Crippen LogP contribution < -0.4 is 0 Å². The molecule has 0 aromatic heterocycles. The van der Waals surface area contributed by atoms with Crippen LogP contribution in [0.15, 0.2) is 24.3 Å². The van der Waals surface area contributed by atoms with Gasteiger partial charge in [-0.3, -0.25) is 0 Å². The highest BCUT2D eigenvalue weighted by molar-refractivity contribution is 5.31. The van der Waals surface area contributed by atoms with Crippen LogP contribution in [0.1, 0.15) is 76.2 Å². The van der Waals surface area contributed by atoms with Gasteiger partial charge in [0.1, 0.15) is 0 Å². The quantitative estimate of drug-likeness (QED) is 0.663. The molecule has 3 aliphatic rings. The molecule has 0 atom stereocenters. The topological polar surface area (TPSA) is 0 Å². The molecule has 4 rings (SSSR count). The summed E-state index contributed by atoms with van der Waals surface area (Å²) in [5.74, 6) is 1.05. The maximum absolute atomic E-state index is 3.24. The van der Waals surface area contributed by atoms with Crippen molar-refractivity contribution in [1.82, 2.24) is 0 Å². The third-order valence-electron chi connectivity index (χ3n) is 6.79. The van der Waals surface area contributed by atoms with Crippen molar-refractivity contribution >= 4 is 0 Å². The van der Waals surface area contributed by atoms with Crippen molar-refractivity contribution in [3.8, 4) is 0 Å². The van der Waals surface area contributed by atoms with Gasteiger partial charge in [-0.15, -0.1) is 0 Å². The van der Waals surface area contributed by atoms with E-state index < -0.39 is 0 Å². The van der Waals surface area contributed by atoms with E-state index >= 15 is 0 Å². The van der Waals surface area contributed by atoms with Crippen LogP contribution in [0.2, 0.25) is 0 Å². The molecular formula is C20H27. The zero-order valence-corrected chi connectivity index (χ0v) is 12.7. The van der Waals surface area contributed by atoms with E-state index in [9.17, 15) is 0 Å². The fourth-order valence-electron chi connectivity index (χ4n) is 5.85. The van der Waals surface area contributed by atoms with E-state index in [4.69, 9.17) is 0 Å². The molecule has 0 amide bonds. The second kappa shape index (κ2) is 4.90. The van der Waals surface area contributed by atoms with Crippen LogP contribution in [0.3, 0.4) is 0 Å². The number of hydrogen-bond acceptors (Lipinski definition) is 0. The van der Waals surface area contributed by atoms with Gasteiger partial charge in [0.05, 0.1) is 0 Å². The van der Waals surface area contributed by atoms with Crippen molar-refractivity contribution in [2.24, 2.45) is 11.3 Å². The Hall–Kier alpha value is -0.780. The Balaban J connectivity index is 1.81. The molecule has 0 heterocycles. The molecule has 0 N–H and O–H groups in total. The highest BCUT2D eigenvalue weighted by atomic mass is 14.6. The third-order valence-corrected chi connectivity index (χ3v) is 6.79. The highest BCUT2D eigenvalue weighted by Gasteiger charge is 2.59. The van der Waals surface area contributed by atoms with Crippen LogP contribution in [0.4, 0.5) is 0 Å². The van der Waals surface area contributed by atoms with Crippen LogP contribution in [0, 0.1) is 17.4 Å². The fourth-order valence-corrected chi connectivity index (χ4v) is 5.85. The summed E-state index contributed by atoms with van der Waals surface area (Å²) >= 11 is 0. The molecule has 107 valence electrons. The molecule has 1 aromatic rings. The van der Waals surface area contributed by atoms with Gasteiger partial charge in [-0.1, -0.05) is 56.4 Å². The highest BCUT2D eigenvalue weighted by Crippen LogP contribution is 2.67. The van der Waals surface area contributed by atoms with Crippen LogP contribution in [-0.2, 0) is 5.41 Å². The predicted octanol–water partition coefficient (Wildman–Crippen LogP) is 5.66. The monoisotopic (exact) mass is 267 g/mol. The van der Waals surface area contributed by atoms with Crippen molar-refractivity contribution < 1.29 is 0 Å². The smallest absolute Gasteiger partial charge is 0.00120 e. The summed E-state index contributed by atoms with van der Waals surface area (Å²) in [6, 6.07) is 12.3. The number of rotatable bonds is 3. The van der Waals surface area contributed by atoms with E-state index in [0.29, 0.717) is 10.8 Å². The van der Waals surface area contributed by atoms with E-state index in [2.05, 4.69) is 30.3 Å². The second-order valence-electron chi connectivity index (χ2n) is 7.57. The maximum Gasteiger partial charge on any atom is 0.00120 e. The Bertz CT molecular complexity index is 442. The summed E-state index contributed by atoms with van der Waals surface area (Å²) in [5.41, 5.74) is 2.83. The van der Waals surface area contributed by atoms with E-state index in [1.807, 2.05) is 0 Å². The Morgan fingerprint density at radius 3 is 2.00 bits per heavy atom. The predicted molar refractivity (Wildman–Crippen MR) is 83.7 cm³/mol. The molecule has 3 aliphatic carbocycles.